The van der Waals surface area contributed by atoms with Crippen LogP contribution in [0.25, 0.3) is 0 Å². The van der Waals surface area contributed by atoms with E-state index in [9.17, 15) is 5.11 Å². The van der Waals surface area contributed by atoms with Crippen molar-refractivity contribution in [3.63, 3.8) is 0 Å². The van der Waals surface area contributed by atoms with Crippen LogP contribution in [0, 0.1) is 17.8 Å². The molecule has 2 heteroatoms. The van der Waals surface area contributed by atoms with Crippen molar-refractivity contribution in [2.75, 3.05) is 6.61 Å². The van der Waals surface area contributed by atoms with Gasteiger partial charge in [-0.2, -0.15) is 0 Å². The van der Waals surface area contributed by atoms with Gasteiger partial charge in [-0.3, -0.25) is 0 Å². The average molecular weight is 227 g/mol. The minimum absolute atomic E-state index is 0.272. The summed E-state index contributed by atoms with van der Waals surface area (Å²) in [5.74, 6) is 2.23. The van der Waals surface area contributed by atoms with Gasteiger partial charge < -0.3 is 10.4 Å². The third-order valence-corrected chi connectivity index (χ3v) is 4.16. The van der Waals surface area contributed by atoms with Crippen molar-refractivity contribution in [1.29, 1.82) is 0 Å². The highest BCUT2D eigenvalue weighted by Gasteiger charge is 2.26. The van der Waals surface area contributed by atoms with E-state index in [-0.39, 0.29) is 12.6 Å². The number of nitrogens with one attached hydrogen (secondary N) is 1. The molecule has 0 aromatic heterocycles. The second-order valence-electron chi connectivity index (χ2n) is 5.96. The lowest BCUT2D eigenvalue weighted by Crippen LogP contribution is -2.47. The summed E-state index contributed by atoms with van der Waals surface area (Å²) in [7, 11) is 0. The van der Waals surface area contributed by atoms with Crippen LogP contribution in [0.5, 0.6) is 0 Å². The van der Waals surface area contributed by atoms with Gasteiger partial charge in [0, 0.05) is 12.1 Å². The van der Waals surface area contributed by atoms with Crippen molar-refractivity contribution in [3.8, 4) is 0 Å². The molecule has 1 aliphatic carbocycles. The molecule has 0 radical (unpaired) electrons. The third kappa shape index (κ3) is 4.06. The van der Waals surface area contributed by atoms with E-state index in [1.807, 2.05) is 0 Å². The Morgan fingerprint density at radius 1 is 1.19 bits per heavy atom. The highest BCUT2D eigenvalue weighted by Crippen LogP contribution is 2.29. The van der Waals surface area contributed by atoms with Gasteiger partial charge in [0.1, 0.15) is 0 Å². The Morgan fingerprint density at radius 2 is 1.75 bits per heavy atom. The van der Waals surface area contributed by atoms with Crippen molar-refractivity contribution >= 4 is 0 Å². The van der Waals surface area contributed by atoms with E-state index in [0.29, 0.717) is 12.0 Å². The van der Waals surface area contributed by atoms with E-state index >= 15 is 0 Å². The summed E-state index contributed by atoms with van der Waals surface area (Å²) in [6.07, 6.45) is 5.05. The van der Waals surface area contributed by atoms with Crippen LogP contribution in [0.2, 0.25) is 0 Å². The van der Waals surface area contributed by atoms with Gasteiger partial charge in [0.15, 0.2) is 0 Å². The third-order valence-electron chi connectivity index (χ3n) is 4.16. The second-order valence-corrected chi connectivity index (χ2v) is 5.96. The first-order valence-corrected chi connectivity index (χ1v) is 6.93. The first kappa shape index (κ1) is 14.0. The molecule has 0 aliphatic heterocycles. The smallest absolute Gasteiger partial charge is 0.0587 e. The van der Waals surface area contributed by atoms with E-state index < -0.39 is 0 Å². The topological polar surface area (TPSA) is 32.3 Å². The van der Waals surface area contributed by atoms with Crippen LogP contribution >= 0.6 is 0 Å². The number of rotatable bonds is 5. The SMILES string of the molecule is CCC(C)C(CO)NC1CC(C)CC(C)C1. The summed E-state index contributed by atoms with van der Waals surface area (Å²) in [6.45, 7) is 9.39. The molecule has 0 spiro atoms. The summed E-state index contributed by atoms with van der Waals surface area (Å²) in [5.41, 5.74) is 0. The maximum Gasteiger partial charge on any atom is 0.0587 e. The first-order chi connectivity index (χ1) is 7.56. The monoisotopic (exact) mass is 227 g/mol. The zero-order chi connectivity index (χ0) is 12.1. The maximum absolute atomic E-state index is 9.43. The lowest BCUT2D eigenvalue weighted by atomic mass is 9.80. The molecule has 0 aromatic rings. The summed E-state index contributed by atoms with van der Waals surface area (Å²) >= 11 is 0. The Hall–Kier alpha value is -0.0800. The van der Waals surface area contributed by atoms with Gasteiger partial charge in [-0.15, -0.1) is 0 Å². The molecule has 0 bridgehead atoms. The predicted molar refractivity (Wildman–Crippen MR) is 69.4 cm³/mol. The van der Waals surface area contributed by atoms with Crippen molar-refractivity contribution in [2.24, 2.45) is 17.8 Å². The molecule has 2 N–H and O–H groups in total. The fraction of sp³-hybridized carbons (Fsp3) is 1.00. The Bertz CT molecular complexity index is 185. The van der Waals surface area contributed by atoms with Gasteiger partial charge in [-0.1, -0.05) is 34.1 Å². The Balaban J connectivity index is 2.44. The molecule has 96 valence electrons. The van der Waals surface area contributed by atoms with Crippen molar-refractivity contribution in [2.45, 2.75) is 65.5 Å². The molecule has 0 amide bonds. The molecule has 0 saturated heterocycles. The Labute approximate surface area is 101 Å². The van der Waals surface area contributed by atoms with E-state index in [2.05, 4.69) is 33.0 Å². The molecule has 0 aromatic carbocycles. The van der Waals surface area contributed by atoms with Crippen molar-refractivity contribution in [3.05, 3.63) is 0 Å². The number of hydrogen-bond donors (Lipinski definition) is 2. The molecule has 0 heterocycles. The summed E-state index contributed by atoms with van der Waals surface area (Å²) in [4.78, 5) is 0. The molecule has 1 aliphatic rings. The fourth-order valence-electron chi connectivity index (χ4n) is 3.07. The second kappa shape index (κ2) is 6.61. The summed E-state index contributed by atoms with van der Waals surface area (Å²) in [5, 5.41) is 13.1. The summed E-state index contributed by atoms with van der Waals surface area (Å²) < 4.78 is 0. The average Bonchev–Trinajstić information content (AvgIpc) is 2.23. The normalized spacial score (nSPS) is 34.7. The lowest BCUT2D eigenvalue weighted by molar-refractivity contribution is 0.157. The molecular formula is C14H29NO. The van der Waals surface area contributed by atoms with Crippen LogP contribution in [0.15, 0.2) is 0 Å². The van der Waals surface area contributed by atoms with E-state index in [1.165, 1.54) is 19.3 Å². The van der Waals surface area contributed by atoms with E-state index in [1.54, 1.807) is 0 Å². The molecule has 4 atom stereocenters. The fourth-order valence-corrected chi connectivity index (χ4v) is 3.07. The zero-order valence-electron chi connectivity index (χ0n) is 11.4. The molecule has 4 unspecified atom stereocenters. The quantitative estimate of drug-likeness (QED) is 0.757. The lowest BCUT2D eigenvalue weighted by Gasteiger charge is -2.35. The van der Waals surface area contributed by atoms with Crippen LogP contribution in [0.4, 0.5) is 0 Å². The van der Waals surface area contributed by atoms with Gasteiger partial charge in [0.05, 0.1) is 6.61 Å². The van der Waals surface area contributed by atoms with E-state index in [0.717, 1.165) is 18.3 Å². The van der Waals surface area contributed by atoms with E-state index in [4.69, 9.17) is 0 Å². The predicted octanol–water partition coefficient (Wildman–Crippen LogP) is 2.81. The minimum atomic E-state index is 0.272. The minimum Gasteiger partial charge on any atom is -0.395 e. The Kier molecular flexibility index (Phi) is 5.77. The van der Waals surface area contributed by atoms with Crippen LogP contribution in [0.3, 0.4) is 0 Å². The highest BCUT2D eigenvalue weighted by atomic mass is 16.3. The maximum atomic E-state index is 9.43. The van der Waals surface area contributed by atoms with Crippen LogP contribution in [-0.4, -0.2) is 23.8 Å². The van der Waals surface area contributed by atoms with Crippen LogP contribution < -0.4 is 5.32 Å². The first-order valence-electron chi connectivity index (χ1n) is 6.93. The standard InChI is InChI=1S/C14H29NO/c1-5-12(4)14(9-16)15-13-7-10(2)6-11(3)8-13/h10-16H,5-9H2,1-4H3. The number of aliphatic hydroxyl groups excluding tert-OH is 1. The summed E-state index contributed by atoms with van der Waals surface area (Å²) in [6, 6.07) is 0.900. The van der Waals surface area contributed by atoms with Gasteiger partial charge >= 0.3 is 0 Å². The highest BCUT2D eigenvalue weighted by molar-refractivity contribution is 4.83. The molecular weight excluding hydrogens is 198 g/mol. The zero-order valence-corrected chi connectivity index (χ0v) is 11.4. The largest absolute Gasteiger partial charge is 0.395 e. The van der Waals surface area contributed by atoms with Crippen LogP contribution in [-0.2, 0) is 0 Å². The van der Waals surface area contributed by atoms with Gasteiger partial charge in [-0.05, 0) is 37.0 Å². The Morgan fingerprint density at radius 3 is 2.19 bits per heavy atom. The molecule has 1 rings (SSSR count). The van der Waals surface area contributed by atoms with Crippen molar-refractivity contribution in [1.82, 2.24) is 5.32 Å². The van der Waals surface area contributed by atoms with Gasteiger partial charge in [0.2, 0.25) is 0 Å². The molecule has 1 saturated carbocycles. The van der Waals surface area contributed by atoms with Gasteiger partial charge in [0.25, 0.3) is 0 Å². The number of aliphatic hydroxyl groups is 1. The van der Waals surface area contributed by atoms with Crippen molar-refractivity contribution < 1.29 is 5.11 Å². The number of hydrogen-bond acceptors (Lipinski definition) is 2. The molecule has 1 fully saturated rings. The van der Waals surface area contributed by atoms with Crippen LogP contribution in [0.1, 0.15) is 53.4 Å². The molecule has 2 nitrogen and oxygen atoms in total. The molecule has 16 heavy (non-hydrogen) atoms. The van der Waals surface area contributed by atoms with Gasteiger partial charge in [-0.25, -0.2) is 0 Å².